The van der Waals surface area contributed by atoms with E-state index in [2.05, 4.69) is 20.9 Å². The molecule has 1 aliphatic heterocycles. The summed E-state index contributed by atoms with van der Waals surface area (Å²) in [6, 6.07) is 12.2. The van der Waals surface area contributed by atoms with Crippen molar-refractivity contribution in [2.24, 2.45) is 0 Å². The highest BCUT2D eigenvalue weighted by Gasteiger charge is 2.28. The predicted octanol–water partition coefficient (Wildman–Crippen LogP) is 3.83. The highest BCUT2D eigenvalue weighted by molar-refractivity contribution is 5.86. The van der Waals surface area contributed by atoms with Crippen molar-refractivity contribution in [3.63, 3.8) is 0 Å². The maximum atomic E-state index is 11.0. The van der Waals surface area contributed by atoms with Crippen LogP contribution in [0.3, 0.4) is 0 Å². The zero-order chi connectivity index (χ0) is 16.5. The first kappa shape index (κ1) is 15.1. The summed E-state index contributed by atoms with van der Waals surface area (Å²) >= 11 is 0. The molecule has 3 heterocycles. The van der Waals surface area contributed by atoms with E-state index in [1.807, 2.05) is 49.6 Å². The van der Waals surface area contributed by atoms with Crippen LogP contribution in [0.2, 0.25) is 0 Å². The first-order chi connectivity index (χ1) is 11.7. The molecule has 1 unspecified atom stereocenters. The summed E-state index contributed by atoms with van der Waals surface area (Å²) < 4.78 is 0. The van der Waals surface area contributed by atoms with Gasteiger partial charge in [0.2, 0.25) is 0 Å². The summed E-state index contributed by atoms with van der Waals surface area (Å²) in [4.78, 5) is 11.1. The van der Waals surface area contributed by atoms with E-state index in [1.54, 1.807) is 0 Å². The van der Waals surface area contributed by atoms with Gasteiger partial charge >= 0.3 is 0 Å². The highest BCUT2D eigenvalue weighted by Crippen LogP contribution is 2.39. The molecule has 1 aromatic carbocycles. The fourth-order valence-corrected chi connectivity index (χ4v) is 3.64. The van der Waals surface area contributed by atoms with Crippen molar-refractivity contribution in [2.45, 2.75) is 25.8 Å². The Morgan fingerprint density at radius 3 is 2.46 bits per heavy atom. The number of phenolic OH excluding ortho intramolecular Hbond substituents is 1. The number of phenols is 1. The molecule has 2 aromatic heterocycles. The molecule has 1 N–H and O–H groups in total. The van der Waals surface area contributed by atoms with Crippen LogP contribution in [0.5, 0.6) is 5.75 Å². The number of aromatic hydroxyl groups is 1. The van der Waals surface area contributed by atoms with Crippen LogP contribution < -0.4 is 0 Å². The zero-order valence-electron chi connectivity index (χ0n) is 13.8. The Morgan fingerprint density at radius 1 is 1.00 bits per heavy atom. The monoisotopic (exact) mass is 319 g/mol. The number of benzene rings is 1. The lowest BCUT2D eigenvalue weighted by Gasteiger charge is -2.29. The molecule has 1 fully saturated rings. The van der Waals surface area contributed by atoms with E-state index in [-0.39, 0.29) is 6.04 Å². The van der Waals surface area contributed by atoms with E-state index in [1.165, 1.54) is 12.8 Å². The molecule has 1 atom stereocenters. The van der Waals surface area contributed by atoms with Crippen LogP contribution in [0, 0.1) is 6.92 Å². The number of fused-ring (bicyclic) bond motifs is 1. The first-order valence-corrected chi connectivity index (χ1v) is 8.47. The van der Waals surface area contributed by atoms with Crippen LogP contribution >= 0.6 is 0 Å². The van der Waals surface area contributed by atoms with Gasteiger partial charge in [-0.05, 0) is 56.6 Å². The Morgan fingerprint density at radius 2 is 1.71 bits per heavy atom. The van der Waals surface area contributed by atoms with E-state index >= 15 is 0 Å². The lowest BCUT2D eigenvalue weighted by molar-refractivity contribution is 0.275. The predicted molar refractivity (Wildman–Crippen MR) is 95.0 cm³/mol. The van der Waals surface area contributed by atoms with Gasteiger partial charge in [-0.3, -0.25) is 9.88 Å². The minimum atomic E-state index is 0.0437. The van der Waals surface area contributed by atoms with Gasteiger partial charge in [0.05, 0.1) is 6.04 Å². The average molecular weight is 319 g/mol. The first-order valence-electron chi connectivity index (χ1n) is 8.47. The Hall–Kier alpha value is -2.46. The van der Waals surface area contributed by atoms with E-state index in [0.717, 1.165) is 35.3 Å². The fraction of sp³-hybridized carbons (Fsp3) is 0.300. The Kier molecular flexibility index (Phi) is 3.90. The molecule has 0 saturated carbocycles. The number of rotatable bonds is 3. The normalized spacial score (nSPS) is 16.5. The Balaban J connectivity index is 1.89. The van der Waals surface area contributed by atoms with Gasteiger partial charge in [-0.1, -0.05) is 18.2 Å². The molecular formula is C20H21N3O. The molecule has 0 bridgehead atoms. The molecule has 4 heteroatoms. The van der Waals surface area contributed by atoms with Gasteiger partial charge in [-0.15, -0.1) is 0 Å². The molecule has 0 radical (unpaired) electrons. The third kappa shape index (κ3) is 2.63. The van der Waals surface area contributed by atoms with E-state index in [4.69, 9.17) is 0 Å². The number of aromatic nitrogens is 2. The second-order valence-corrected chi connectivity index (χ2v) is 6.45. The van der Waals surface area contributed by atoms with Crippen LogP contribution in [-0.4, -0.2) is 33.1 Å². The van der Waals surface area contributed by atoms with Crippen LogP contribution in [0.15, 0.2) is 48.8 Å². The SMILES string of the molecule is Cc1ccc2ccc(C(c3ccncc3)N3CCCC3)c(O)c2n1. The summed E-state index contributed by atoms with van der Waals surface area (Å²) in [5.74, 6) is 0.296. The van der Waals surface area contributed by atoms with E-state index in [9.17, 15) is 5.11 Å². The van der Waals surface area contributed by atoms with Gasteiger partial charge in [0.1, 0.15) is 11.3 Å². The number of pyridine rings is 2. The number of hydrogen-bond acceptors (Lipinski definition) is 4. The molecule has 3 aromatic rings. The molecule has 0 spiro atoms. The topological polar surface area (TPSA) is 49.2 Å². The standard InChI is InChI=1S/C20H21N3O/c1-14-4-5-15-6-7-17(20(24)18(15)22-14)19(23-12-2-3-13-23)16-8-10-21-11-9-16/h4-11,19,24H,2-3,12-13H2,1H3. The molecule has 0 amide bonds. The lowest BCUT2D eigenvalue weighted by atomic mass is 9.95. The largest absolute Gasteiger partial charge is 0.505 e. The average Bonchev–Trinajstić information content (AvgIpc) is 3.13. The van der Waals surface area contributed by atoms with Gasteiger partial charge in [-0.2, -0.15) is 0 Å². The van der Waals surface area contributed by atoms with Crippen molar-refractivity contribution in [3.05, 3.63) is 65.6 Å². The maximum Gasteiger partial charge on any atom is 0.146 e. The van der Waals surface area contributed by atoms with Crippen molar-refractivity contribution in [3.8, 4) is 5.75 Å². The number of likely N-dealkylation sites (tertiary alicyclic amines) is 1. The van der Waals surface area contributed by atoms with Gasteiger partial charge in [0, 0.05) is 29.0 Å². The summed E-state index contributed by atoms with van der Waals surface area (Å²) in [6.45, 7) is 4.05. The Labute approximate surface area is 141 Å². The highest BCUT2D eigenvalue weighted by atomic mass is 16.3. The lowest BCUT2D eigenvalue weighted by Crippen LogP contribution is -2.26. The van der Waals surface area contributed by atoms with Gasteiger partial charge in [-0.25, -0.2) is 4.98 Å². The summed E-state index contributed by atoms with van der Waals surface area (Å²) in [7, 11) is 0. The quantitative estimate of drug-likeness (QED) is 0.797. The van der Waals surface area contributed by atoms with Crippen molar-refractivity contribution in [2.75, 3.05) is 13.1 Å². The van der Waals surface area contributed by atoms with Crippen LogP contribution in [0.1, 0.15) is 35.7 Å². The molecule has 1 saturated heterocycles. The summed E-state index contributed by atoms with van der Waals surface area (Å²) in [5, 5.41) is 11.9. The van der Waals surface area contributed by atoms with Crippen molar-refractivity contribution in [1.82, 2.24) is 14.9 Å². The smallest absolute Gasteiger partial charge is 0.146 e. The van der Waals surface area contributed by atoms with Gasteiger partial charge in [0.25, 0.3) is 0 Å². The minimum Gasteiger partial charge on any atom is -0.505 e. The van der Waals surface area contributed by atoms with Gasteiger partial charge < -0.3 is 5.11 Å². The fourth-order valence-electron chi connectivity index (χ4n) is 3.64. The molecule has 4 nitrogen and oxygen atoms in total. The summed E-state index contributed by atoms with van der Waals surface area (Å²) in [6.07, 6.45) is 6.04. The van der Waals surface area contributed by atoms with E-state index in [0.29, 0.717) is 11.3 Å². The third-order valence-electron chi connectivity index (χ3n) is 4.83. The second kappa shape index (κ2) is 6.21. The summed E-state index contributed by atoms with van der Waals surface area (Å²) in [5.41, 5.74) is 3.69. The van der Waals surface area contributed by atoms with E-state index < -0.39 is 0 Å². The van der Waals surface area contributed by atoms with Crippen LogP contribution in [0.25, 0.3) is 10.9 Å². The van der Waals surface area contributed by atoms with Crippen LogP contribution in [-0.2, 0) is 0 Å². The minimum absolute atomic E-state index is 0.0437. The van der Waals surface area contributed by atoms with Crippen molar-refractivity contribution in [1.29, 1.82) is 0 Å². The third-order valence-corrected chi connectivity index (χ3v) is 4.83. The van der Waals surface area contributed by atoms with Gasteiger partial charge in [0.15, 0.2) is 0 Å². The Bertz CT molecular complexity index is 857. The molecule has 1 aliphatic rings. The number of hydrogen-bond donors (Lipinski definition) is 1. The second-order valence-electron chi connectivity index (χ2n) is 6.45. The molecule has 4 rings (SSSR count). The number of nitrogens with zero attached hydrogens (tertiary/aromatic N) is 3. The molecule has 0 aliphatic carbocycles. The molecule has 24 heavy (non-hydrogen) atoms. The van der Waals surface area contributed by atoms with Crippen LogP contribution in [0.4, 0.5) is 0 Å². The maximum absolute atomic E-state index is 11.0. The molecule has 122 valence electrons. The zero-order valence-corrected chi connectivity index (χ0v) is 13.8. The molecular weight excluding hydrogens is 298 g/mol. The van der Waals surface area contributed by atoms with Crippen molar-refractivity contribution < 1.29 is 5.11 Å². The number of aryl methyl sites for hydroxylation is 1. The van der Waals surface area contributed by atoms with Crippen molar-refractivity contribution >= 4 is 10.9 Å².